The van der Waals surface area contributed by atoms with E-state index >= 15 is 0 Å². The van der Waals surface area contributed by atoms with Gasteiger partial charge in [0.25, 0.3) is 5.92 Å². The third-order valence-corrected chi connectivity index (χ3v) is 6.78. The SMILES string of the molecule is CC(F)(F)c1cncc(CNCC[C@@]2(c3ccccn3)CCOC3(CCCC3)C2)c1. The van der Waals surface area contributed by atoms with Gasteiger partial charge in [-0.15, -0.1) is 0 Å². The lowest BCUT2D eigenvalue weighted by Crippen LogP contribution is -2.47. The minimum atomic E-state index is -2.87. The van der Waals surface area contributed by atoms with Crippen molar-refractivity contribution in [3.8, 4) is 0 Å². The van der Waals surface area contributed by atoms with Crippen LogP contribution in [0.4, 0.5) is 8.78 Å². The Hall–Kier alpha value is -1.92. The molecule has 2 aromatic rings. The van der Waals surface area contributed by atoms with Crippen LogP contribution in [0.3, 0.4) is 0 Å². The molecule has 4 rings (SSSR count). The first-order valence-electron chi connectivity index (χ1n) is 11.0. The van der Waals surface area contributed by atoms with E-state index < -0.39 is 5.92 Å². The maximum absolute atomic E-state index is 13.6. The van der Waals surface area contributed by atoms with Crippen LogP contribution < -0.4 is 5.32 Å². The summed E-state index contributed by atoms with van der Waals surface area (Å²) in [5, 5.41) is 3.45. The Balaban J connectivity index is 1.43. The fraction of sp³-hybridized carbons (Fsp3) is 0.583. The standard InChI is InChI=1S/C24H31F2N3O/c1-22(25,26)20-14-19(16-28-17-20)15-27-12-9-23(21-6-2-5-11-29-21)10-13-30-24(18-23)7-3-4-8-24/h2,5-6,11,14,16-17,27H,3-4,7-10,12-13,15,18H2,1H3/t23-/m1/s1. The number of halogens is 2. The average molecular weight is 416 g/mol. The average Bonchev–Trinajstić information content (AvgIpc) is 3.19. The van der Waals surface area contributed by atoms with Gasteiger partial charge in [-0.25, -0.2) is 8.78 Å². The fourth-order valence-electron chi connectivity index (χ4n) is 5.18. The Kier molecular flexibility index (Phi) is 6.16. The Morgan fingerprint density at radius 3 is 2.73 bits per heavy atom. The van der Waals surface area contributed by atoms with Gasteiger partial charge in [0.05, 0.1) is 5.60 Å². The highest BCUT2D eigenvalue weighted by Crippen LogP contribution is 2.49. The van der Waals surface area contributed by atoms with E-state index in [-0.39, 0.29) is 16.6 Å². The third-order valence-electron chi connectivity index (χ3n) is 6.78. The number of nitrogens with zero attached hydrogens (tertiary/aromatic N) is 2. The molecule has 1 saturated carbocycles. The van der Waals surface area contributed by atoms with Crippen molar-refractivity contribution in [2.45, 2.75) is 75.4 Å². The zero-order valence-corrected chi connectivity index (χ0v) is 17.7. The van der Waals surface area contributed by atoms with Crippen LogP contribution in [0.2, 0.25) is 0 Å². The molecule has 2 aromatic heterocycles. The largest absolute Gasteiger partial charge is 0.375 e. The summed E-state index contributed by atoms with van der Waals surface area (Å²) in [7, 11) is 0. The predicted octanol–water partition coefficient (Wildman–Crippen LogP) is 5.13. The molecule has 4 nitrogen and oxygen atoms in total. The van der Waals surface area contributed by atoms with Crippen molar-refractivity contribution in [2.75, 3.05) is 13.2 Å². The number of ether oxygens (including phenoxy) is 1. The monoisotopic (exact) mass is 415 g/mol. The summed E-state index contributed by atoms with van der Waals surface area (Å²) in [5.41, 5.74) is 1.88. The minimum Gasteiger partial charge on any atom is -0.375 e. The van der Waals surface area contributed by atoms with Crippen molar-refractivity contribution < 1.29 is 13.5 Å². The highest BCUT2D eigenvalue weighted by Gasteiger charge is 2.48. The van der Waals surface area contributed by atoms with Gasteiger partial charge in [0.1, 0.15) is 0 Å². The van der Waals surface area contributed by atoms with Crippen molar-refractivity contribution in [1.82, 2.24) is 15.3 Å². The molecular formula is C24H31F2N3O. The van der Waals surface area contributed by atoms with Crippen LogP contribution in [0.25, 0.3) is 0 Å². The Morgan fingerprint density at radius 2 is 2.00 bits per heavy atom. The topological polar surface area (TPSA) is 47.0 Å². The number of alkyl halides is 2. The van der Waals surface area contributed by atoms with Gasteiger partial charge in [0.15, 0.2) is 0 Å². The molecular weight excluding hydrogens is 384 g/mol. The van der Waals surface area contributed by atoms with Gasteiger partial charge in [-0.2, -0.15) is 0 Å². The molecule has 1 N–H and O–H groups in total. The molecule has 0 bridgehead atoms. The van der Waals surface area contributed by atoms with Crippen LogP contribution in [0.5, 0.6) is 0 Å². The third kappa shape index (κ3) is 4.70. The molecule has 2 aliphatic rings. The normalized spacial score (nSPS) is 23.7. The zero-order valence-electron chi connectivity index (χ0n) is 17.7. The quantitative estimate of drug-likeness (QED) is 0.637. The minimum absolute atomic E-state index is 0.000726. The van der Waals surface area contributed by atoms with Gasteiger partial charge in [0.2, 0.25) is 0 Å². The molecule has 0 unspecified atom stereocenters. The first-order valence-corrected chi connectivity index (χ1v) is 11.0. The molecule has 6 heteroatoms. The van der Waals surface area contributed by atoms with Gasteiger partial charge >= 0.3 is 0 Å². The number of aromatic nitrogens is 2. The molecule has 162 valence electrons. The zero-order chi connectivity index (χ0) is 21.1. The first kappa shape index (κ1) is 21.3. The Bertz CT molecular complexity index is 834. The lowest BCUT2D eigenvalue weighted by Gasteiger charge is -2.46. The van der Waals surface area contributed by atoms with E-state index in [1.807, 2.05) is 12.3 Å². The number of pyridine rings is 2. The van der Waals surface area contributed by atoms with Gasteiger partial charge < -0.3 is 10.1 Å². The van der Waals surface area contributed by atoms with Gasteiger partial charge in [0, 0.05) is 55.3 Å². The van der Waals surface area contributed by atoms with Crippen molar-refractivity contribution in [3.05, 3.63) is 59.7 Å². The van der Waals surface area contributed by atoms with Gasteiger partial charge in [-0.05, 0) is 62.4 Å². The fourth-order valence-corrected chi connectivity index (χ4v) is 5.18. The molecule has 1 spiro atoms. The van der Waals surface area contributed by atoms with Crippen LogP contribution in [-0.4, -0.2) is 28.7 Å². The molecule has 0 radical (unpaired) electrons. The molecule has 1 aliphatic heterocycles. The van der Waals surface area contributed by atoms with Gasteiger partial charge in [-0.3, -0.25) is 9.97 Å². The van der Waals surface area contributed by atoms with Crippen molar-refractivity contribution in [2.24, 2.45) is 0 Å². The highest BCUT2D eigenvalue weighted by atomic mass is 19.3. The summed E-state index contributed by atoms with van der Waals surface area (Å²) in [4.78, 5) is 8.71. The second kappa shape index (κ2) is 8.67. The highest BCUT2D eigenvalue weighted by molar-refractivity contribution is 5.22. The smallest absolute Gasteiger partial charge is 0.272 e. The molecule has 1 aliphatic carbocycles. The molecule has 0 amide bonds. The van der Waals surface area contributed by atoms with Gasteiger partial charge in [-0.1, -0.05) is 18.9 Å². The van der Waals surface area contributed by atoms with E-state index in [1.165, 1.54) is 25.1 Å². The van der Waals surface area contributed by atoms with Crippen LogP contribution in [0.15, 0.2) is 42.9 Å². The summed E-state index contributed by atoms with van der Waals surface area (Å²) < 4.78 is 33.4. The van der Waals surface area contributed by atoms with E-state index in [2.05, 4.69) is 22.4 Å². The lowest BCUT2D eigenvalue weighted by molar-refractivity contribution is -0.104. The Morgan fingerprint density at radius 1 is 1.17 bits per heavy atom. The Labute approximate surface area is 177 Å². The van der Waals surface area contributed by atoms with Crippen molar-refractivity contribution >= 4 is 0 Å². The molecule has 1 atom stereocenters. The van der Waals surface area contributed by atoms with E-state index in [0.717, 1.165) is 63.4 Å². The van der Waals surface area contributed by atoms with E-state index in [1.54, 1.807) is 6.20 Å². The van der Waals surface area contributed by atoms with E-state index in [9.17, 15) is 8.78 Å². The maximum atomic E-state index is 13.6. The molecule has 30 heavy (non-hydrogen) atoms. The number of rotatable bonds is 7. The first-order chi connectivity index (χ1) is 14.4. The summed E-state index contributed by atoms with van der Waals surface area (Å²) in [5.74, 6) is -2.87. The lowest BCUT2D eigenvalue weighted by atomic mass is 9.68. The van der Waals surface area contributed by atoms with E-state index in [0.29, 0.717) is 6.54 Å². The summed E-state index contributed by atoms with van der Waals surface area (Å²) in [6.07, 6.45) is 12.4. The van der Waals surface area contributed by atoms with E-state index in [4.69, 9.17) is 9.72 Å². The molecule has 1 saturated heterocycles. The molecule has 3 heterocycles. The summed E-state index contributed by atoms with van der Waals surface area (Å²) in [6, 6.07) is 7.71. The number of nitrogens with one attached hydrogen (secondary N) is 1. The molecule has 2 fully saturated rings. The van der Waals surface area contributed by atoms with Crippen LogP contribution >= 0.6 is 0 Å². The maximum Gasteiger partial charge on any atom is 0.272 e. The second-order valence-corrected chi connectivity index (χ2v) is 9.06. The predicted molar refractivity (Wildman–Crippen MR) is 112 cm³/mol. The van der Waals surface area contributed by atoms with Crippen LogP contribution in [0.1, 0.15) is 68.7 Å². The summed E-state index contributed by atoms with van der Waals surface area (Å²) in [6.45, 7) is 2.99. The number of hydrogen-bond acceptors (Lipinski definition) is 4. The second-order valence-electron chi connectivity index (χ2n) is 9.06. The summed E-state index contributed by atoms with van der Waals surface area (Å²) >= 11 is 0. The van der Waals surface area contributed by atoms with Crippen LogP contribution in [-0.2, 0) is 22.6 Å². The van der Waals surface area contributed by atoms with Crippen LogP contribution in [0, 0.1) is 0 Å². The van der Waals surface area contributed by atoms with Crippen molar-refractivity contribution in [1.29, 1.82) is 0 Å². The molecule has 0 aromatic carbocycles. The number of hydrogen-bond donors (Lipinski definition) is 1. The van der Waals surface area contributed by atoms with Crippen molar-refractivity contribution in [3.63, 3.8) is 0 Å².